The fourth-order valence-electron chi connectivity index (χ4n) is 2.96. The second kappa shape index (κ2) is 5.92. The van der Waals surface area contributed by atoms with Crippen molar-refractivity contribution in [3.8, 4) is 0 Å². The van der Waals surface area contributed by atoms with E-state index in [9.17, 15) is 4.39 Å². The van der Waals surface area contributed by atoms with Gasteiger partial charge in [-0.2, -0.15) is 0 Å². The largest absolute Gasteiger partial charge is 0.327 e. The average Bonchev–Trinajstić information content (AvgIpc) is 2.33. The average molecular weight is 328 g/mol. The first-order valence-corrected chi connectivity index (χ1v) is 7.86. The highest BCUT2D eigenvalue weighted by Crippen LogP contribution is 2.39. The van der Waals surface area contributed by atoms with Gasteiger partial charge in [0.1, 0.15) is 5.82 Å². The zero-order valence-corrected chi connectivity index (χ0v) is 13.3. The molecule has 2 rings (SSSR count). The maximum absolute atomic E-state index is 13.2. The minimum Gasteiger partial charge on any atom is -0.327 e. The van der Waals surface area contributed by atoms with Crippen LogP contribution in [0.25, 0.3) is 0 Å². The van der Waals surface area contributed by atoms with Gasteiger partial charge in [0.2, 0.25) is 0 Å². The monoisotopic (exact) mass is 327 g/mol. The molecule has 1 aromatic rings. The van der Waals surface area contributed by atoms with Crippen molar-refractivity contribution < 1.29 is 4.39 Å². The number of hydrogen-bond acceptors (Lipinski definition) is 1. The summed E-state index contributed by atoms with van der Waals surface area (Å²) in [6.07, 6.45) is 5.80. The fourth-order valence-corrected chi connectivity index (χ4v) is 3.38. The fraction of sp³-hybridized carbons (Fsp3) is 0.625. The second-order valence-electron chi connectivity index (χ2n) is 6.62. The first-order valence-electron chi connectivity index (χ1n) is 7.07. The summed E-state index contributed by atoms with van der Waals surface area (Å²) >= 11 is 3.23. The lowest BCUT2D eigenvalue weighted by molar-refractivity contribution is 0.173. The van der Waals surface area contributed by atoms with Crippen molar-refractivity contribution in [2.45, 2.75) is 52.0 Å². The summed E-state index contributed by atoms with van der Waals surface area (Å²) in [5, 5.41) is 0. The molecule has 0 aliphatic heterocycles. The van der Waals surface area contributed by atoms with E-state index in [0.29, 0.717) is 15.8 Å². The van der Waals surface area contributed by atoms with Gasteiger partial charge in [-0.3, -0.25) is 0 Å². The molecule has 19 heavy (non-hydrogen) atoms. The molecule has 0 spiro atoms. The summed E-state index contributed by atoms with van der Waals surface area (Å²) in [6, 6.07) is 5.39. The SMILES string of the molecule is CC1(C)CCC(C(N)Cc2ccc(F)c(Br)c2)CC1. The summed E-state index contributed by atoms with van der Waals surface area (Å²) < 4.78 is 13.7. The molecular formula is C16H23BrFN. The first-order chi connectivity index (χ1) is 8.87. The van der Waals surface area contributed by atoms with E-state index < -0.39 is 0 Å². The van der Waals surface area contributed by atoms with Crippen LogP contribution in [0.5, 0.6) is 0 Å². The van der Waals surface area contributed by atoms with Crippen molar-refractivity contribution in [2.75, 3.05) is 0 Å². The zero-order valence-electron chi connectivity index (χ0n) is 11.8. The summed E-state index contributed by atoms with van der Waals surface area (Å²) in [5.41, 5.74) is 7.95. The smallest absolute Gasteiger partial charge is 0.137 e. The Labute approximate surface area is 123 Å². The molecule has 3 heteroatoms. The molecule has 1 aromatic carbocycles. The number of nitrogens with two attached hydrogens (primary N) is 1. The summed E-state index contributed by atoms with van der Waals surface area (Å²) in [4.78, 5) is 0. The van der Waals surface area contributed by atoms with Crippen molar-refractivity contribution >= 4 is 15.9 Å². The second-order valence-corrected chi connectivity index (χ2v) is 7.47. The number of rotatable bonds is 3. The summed E-state index contributed by atoms with van der Waals surface area (Å²) in [7, 11) is 0. The van der Waals surface area contributed by atoms with E-state index in [2.05, 4.69) is 29.8 Å². The third-order valence-corrected chi connectivity index (χ3v) is 5.05. The minimum absolute atomic E-state index is 0.188. The number of hydrogen-bond donors (Lipinski definition) is 1. The maximum Gasteiger partial charge on any atom is 0.137 e. The Morgan fingerprint density at radius 2 is 2.00 bits per heavy atom. The Hall–Kier alpha value is -0.410. The Kier molecular flexibility index (Phi) is 4.67. The zero-order chi connectivity index (χ0) is 14.0. The molecule has 1 saturated carbocycles. The van der Waals surface area contributed by atoms with Crippen LogP contribution in [-0.4, -0.2) is 6.04 Å². The molecule has 1 aliphatic carbocycles. The predicted octanol–water partition coefficient (Wildman–Crippen LogP) is 4.67. The van der Waals surface area contributed by atoms with Crippen molar-refractivity contribution in [2.24, 2.45) is 17.1 Å². The van der Waals surface area contributed by atoms with Gasteiger partial charge in [0.15, 0.2) is 0 Å². The van der Waals surface area contributed by atoms with Crippen molar-refractivity contribution in [3.63, 3.8) is 0 Å². The lowest BCUT2D eigenvalue weighted by atomic mass is 9.70. The molecule has 0 radical (unpaired) electrons. The lowest BCUT2D eigenvalue weighted by Crippen LogP contribution is -2.36. The first kappa shape index (κ1) is 15.0. The van der Waals surface area contributed by atoms with Gasteiger partial charge in [0, 0.05) is 6.04 Å². The van der Waals surface area contributed by atoms with E-state index in [4.69, 9.17) is 5.73 Å². The van der Waals surface area contributed by atoms with Crippen LogP contribution >= 0.6 is 15.9 Å². The van der Waals surface area contributed by atoms with Gasteiger partial charge in [-0.25, -0.2) is 4.39 Å². The van der Waals surface area contributed by atoms with Crippen molar-refractivity contribution in [1.82, 2.24) is 0 Å². The van der Waals surface area contributed by atoms with Crippen molar-refractivity contribution in [1.29, 1.82) is 0 Å². The van der Waals surface area contributed by atoms with E-state index in [1.165, 1.54) is 31.7 Å². The molecule has 1 fully saturated rings. The lowest BCUT2D eigenvalue weighted by Gasteiger charge is -2.37. The molecule has 0 bridgehead atoms. The minimum atomic E-state index is -0.211. The Morgan fingerprint density at radius 1 is 1.37 bits per heavy atom. The molecule has 1 aliphatic rings. The Balaban J connectivity index is 1.94. The van der Waals surface area contributed by atoms with E-state index in [-0.39, 0.29) is 11.9 Å². The molecule has 1 atom stereocenters. The molecule has 1 nitrogen and oxygen atoms in total. The normalized spacial score (nSPS) is 21.3. The van der Waals surface area contributed by atoms with Crippen LogP contribution in [-0.2, 0) is 6.42 Å². The Bertz CT molecular complexity index is 434. The molecule has 0 saturated heterocycles. The van der Waals surface area contributed by atoms with Gasteiger partial charge in [-0.15, -0.1) is 0 Å². The van der Waals surface area contributed by atoms with Gasteiger partial charge in [0.25, 0.3) is 0 Å². The highest BCUT2D eigenvalue weighted by molar-refractivity contribution is 9.10. The Morgan fingerprint density at radius 3 is 2.58 bits per heavy atom. The molecular weight excluding hydrogens is 305 g/mol. The molecule has 2 N–H and O–H groups in total. The number of benzene rings is 1. The van der Waals surface area contributed by atoms with Crippen LogP contribution in [0.3, 0.4) is 0 Å². The highest BCUT2D eigenvalue weighted by Gasteiger charge is 2.29. The van der Waals surface area contributed by atoms with Gasteiger partial charge >= 0.3 is 0 Å². The van der Waals surface area contributed by atoms with E-state index in [0.717, 1.165) is 12.0 Å². The number of halogens is 2. The van der Waals surface area contributed by atoms with Crippen LogP contribution in [0.15, 0.2) is 22.7 Å². The van der Waals surface area contributed by atoms with Gasteiger partial charge in [-0.05, 0) is 77.1 Å². The molecule has 106 valence electrons. The summed E-state index contributed by atoms with van der Waals surface area (Å²) in [5.74, 6) is 0.397. The van der Waals surface area contributed by atoms with Crippen LogP contribution < -0.4 is 5.73 Å². The van der Waals surface area contributed by atoms with Crippen LogP contribution in [0.4, 0.5) is 4.39 Å². The topological polar surface area (TPSA) is 26.0 Å². The third kappa shape index (κ3) is 4.03. The van der Waals surface area contributed by atoms with Crippen LogP contribution in [0.1, 0.15) is 45.1 Å². The maximum atomic E-state index is 13.2. The molecule has 0 heterocycles. The highest BCUT2D eigenvalue weighted by atomic mass is 79.9. The third-order valence-electron chi connectivity index (χ3n) is 4.44. The standard InChI is InChI=1S/C16H23BrFN/c1-16(2)7-5-12(6-8-16)15(19)10-11-3-4-14(18)13(17)9-11/h3-4,9,12,15H,5-8,10,19H2,1-2H3. The van der Waals surface area contributed by atoms with Crippen LogP contribution in [0.2, 0.25) is 0 Å². The predicted molar refractivity (Wildman–Crippen MR) is 81.5 cm³/mol. The van der Waals surface area contributed by atoms with Gasteiger partial charge in [-0.1, -0.05) is 19.9 Å². The van der Waals surface area contributed by atoms with Gasteiger partial charge < -0.3 is 5.73 Å². The van der Waals surface area contributed by atoms with Crippen molar-refractivity contribution in [3.05, 3.63) is 34.1 Å². The van der Waals surface area contributed by atoms with E-state index in [1.807, 2.05) is 12.1 Å². The van der Waals surface area contributed by atoms with E-state index >= 15 is 0 Å². The van der Waals surface area contributed by atoms with Gasteiger partial charge in [0.05, 0.1) is 4.47 Å². The molecule has 0 amide bonds. The molecule has 1 unspecified atom stereocenters. The molecule has 0 aromatic heterocycles. The van der Waals surface area contributed by atoms with Crippen LogP contribution in [0, 0.1) is 17.2 Å². The van der Waals surface area contributed by atoms with E-state index in [1.54, 1.807) is 0 Å². The summed E-state index contributed by atoms with van der Waals surface area (Å²) in [6.45, 7) is 4.68. The quantitative estimate of drug-likeness (QED) is 0.857.